The number of amides is 1. The maximum atomic E-state index is 12.0. The molecule has 100 valence electrons. The molecular formula is C12H18IN3O2. The predicted octanol–water partition coefficient (Wildman–Crippen LogP) is 2.55. The molecule has 0 N–H and O–H groups in total. The minimum absolute atomic E-state index is 0.260. The van der Waals surface area contributed by atoms with E-state index in [-0.39, 0.29) is 6.09 Å². The van der Waals surface area contributed by atoms with Gasteiger partial charge in [-0.3, -0.25) is 4.90 Å². The van der Waals surface area contributed by atoms with Crippen molar-refractivity contribution in [2.75, 3.05) is 6.54 Å². The molecular weight excluding hydrogens is 345 g/mol. The van der Waals surface area contributed by atoms with Gasteiger partial charge in [0.2, 0.25) is 0 Å². The van der Waals surface area contributed by atoms with Gasteiger partial charge in [-0.15, -0.1) is 0 Å². The maximum absolute atomic E-state index is 12.0. The fourth-order valence-corrected chi connectivity index (χ4v) is 2.50. The van der Waals surface area contributed by atoms with Crippen LogP contribution in [-0.4, -0.2) is 32.7 Å². The third-order valence-corrected chi connectivity index (χ3v) is 3.84. The van der Waals surface area contributed by atoms with E-state index in [0.29, 0.717) is 13.1 Å². The van der Waals surface area contributed by atoms with E-state index in [0.717, 1.165) is 16.1 Å². The molecule has 1 aromatic rings. The van der Waals surface area contributed by atoms with Crippen LogP contribution in [0.25, 0.3) is 0 Å². The first-order valence-electron chi connectivity index (χ1n) is 5.97. The first kappa shape index (κ1) is 13.6. The number of carbonyl (C=O) groups is 1. The summed E-state index contributed by atoms with van der Waals surface area (Å²) < 4.78 is 8.55. The van der Waals surface area contributed by atoms with Crippen molar-refractivity contribution in [3.05, 3.63) is 15.2 Å². The zero-order valence-corrected chi connectivity index (χ0v) is 13.3. The highest BCUT2D eigenvalue weighted by Gasteiger charge is 2.27. The molecule has 0 bridgehead atoms. The van der Waals surface area contributed by atoms with Gasteiger partial charge in [-0.1, -0.05) is 0 Å². The summed E-state index contributed by atoms with van der Waals surface area (Å²) in [5.41, 5.74) is 0.725. The first-order chi connectivity index (χ1) is 8.28. The standard InChI is InChI=1S/C12H18IN3O2/c1-8-10(13)14-9-7-15(5-6-16(8)9)11(17)18-12(2,3)4/h5-7H2,1-4H3. The molecule has 18 heavy (non-hydrogen) atoms. The highest BCUT2D eigenvalue weighted by atomic mass is 127. The Morgan fingerprint density at radius 3 is 2.67 bits per heavy atom. The average molecular weight is 363 g/mol. The van der Waals surface area contributed by atoms with Crippen LogP contribution in [0.2, 0.25) is 0 Å². The third-order valence-electron chi connectivity index (χ3n) is 2.82. The number of fused-ring (bicyclic) bond motifs is 1. The van der Waals surface area contributed by atoms with Crippen LogP contribution in [0.3, 0.4) is 0 Å². The van der Waals surface area contributed by atoms with E-state index in [1.807, 2.05) is 20.8 Å². The lowest BCUT2D eigenvalue weighted by atomic mass is 10.2. The van der Waals surface area contributed by atoms with Crippen LogP contribution in [0.4, 0.5) is 4.79 Å². The van der Waals surface area contributed by atoms with Crippen molar-refractivity contribution < 1.29 is 9.53 Å². The lowest BCUT2D eigenvalue weighted by molar-refractivity contribution is 0.0194. The summed E-state index contributed by atoms with van der Waals surface area (Å²) in [6, 6.07) is 0. The number of hydrogen-bond acceptors (Lipinski definition) is 3. The number of hydrogen-bond donors (Lipinski definition) is 0. The van der Waals surface area contributed by atoms with Gasteiger partial charge in [0.1, 0.15) is 15.1 Å². The summed E-state index contributed by atoms with van der Waals surface area (Å²) in [5, 5.41) is 0. The van der Waals surface area contributed by atoms with Crippen molar-refractivity contribution in [2.24, 2.45) is 0 Å². The molecule has 0 spiro atoms. The first-order valence-corrected chi connectivity index (χ1v) is 7.05. The Hall–Kier alpha value is -0.790. The normalized spacial score (nSPS) is 15.5. The largest absolute Gasteiger partial charge is 0.444 e. The van der Waals surface area contributed by atoms with E-state index in [2.05, 4.69) is 39.1 Å². The van der Waals surface area contributed by atoms with Crippen LogP contribution >= 0.6 is 22.6 Å². The molecule has 2 heterocycles. The molecule has 0 radical (unpaired) electrons. The quantitative estimate of drug-likeness (QED) is 0.666. The fourth-order valence-electron chi connectivity index (χ4n) is 1.93. The van der Waals surface area contributed by atoms with Gasteiger partial charge in [0.15, 0.2) is 0 Å². The Labute approximate surface area is 121 Å². The van der Waals surface area contributed by atoms with Gasteiger partial charge in [0.25, 0.3) is 0 Å². The van der Waals surface area contributed by atoms with Gasteiger partial charge in [0.05, 0.1) is 6.54 Å². The molecule has 1 aliphatic rings. The Kier molecular flexibility index (Phi) is 3.57. The van der Waals surface area contributed by atoms with Gasteiger partial charge in [0, 0.05) is 18.8 Å². The molecule has 5 nitrogen and oxygen atoms in total. The Bertz CT molecular complexity index is 476. The summed E-state index contributed by atoms with van der Waals surface area (Å²) >= 11 is 2.23. The summed E-state index contributed by atoms with van der Waals surface area (Å²) in [7, 11) is 0. The van der Waals surface area contributed by atoms with E-state index in [9.17, 15) is 4.79 Å². The summed E-state index contributed by atoms with van der Waals surface area (Å²) in [4.78, 5) is 18.2. The van der Waals surface area contributed by atoms with Crippen molar-refractivity contribution in [3.8, 4) is 0 Å². The number of halogens is 1. The lowest BCUT2D eigenvalue weighted by Crippen LogP contribution is -2.41. The molecule has 0 saturated carbocycles. The van der Waals surface area contributed by atoms with Crippen LogP contribution in [0.5, 0.6) is 0 Å². The number of ether oxygens (including phenoxy) is 1. The summed E-state index contributed by atoms with van der Waals surface area (Å²) in [5.74, 6) is 0.939. The van der Waals surface area contributed by atoms with E-state index >= 15 is 0 Å². The van der Waals surface area contributed by atoms with Crippen LogP contribution in [-0.2, 0) is 17.8 Å². The smallest absolute Gasteiger partial charge is 0.410 e. The number of imidazole rings is 1. The van der Waals surface area contributed by atoms with E-state index in [1.54, 1.807) is 4.90 Å². The van der Waals surface area contributed by atoms with Crippen LogP contribution in [0.1, 0.15) is 32.3 Å². The van der Waals surface area contributed by atoms with Gasteiger partial charge in [-0.25, -0.2) is 9.78 Å². The molecule has 0 fully saturated rings. The van der Waals surface area contributed by atoms with Crippen molar-refractivity contribution in [3.63, 3.8) is 0 Å². The third kappa shape index (κ3) is 2.78. The SMILES string of the molecule is Cc1c(I)nc2n1CCN(C(=O)OC(C)(C)C)C2. The Morgan fingerprint density at radius 1 is 1.39 bits per heavy atom. The molecule has 1 aliphatic heterocycles. The lowest BCUT2D eigenvalue weighted by Gasteiger charge is -2.30. The molecule has 1 aromatic heterocycles. The molecule has 0 aliphatic carbocycles. The zero-order chi connectivity index (χ0) is 13.5. The van der Waals surface area contributed by atoms with E-state index < -0.39 is 5.60 Å². The highest BCUT2D eigenvalue weighted by molar-refractivity contribution is 14.1. The second-order valence-corrected chi connectivity index (χ2v) is 6.48. The number of carbonyl (C=O) groups excluding carboxylic acids is 1. The van der Waals surface area contributed by atoms with Crippen LogP contribution < -0.4 is 0 Å². The van der Waals surface area contributed by atoms with E-state index in [4.69, 9.17) is 4.74 Å². The van der Waals surface area contributed by atoms with Crippen LogP contribution in [0.15, 0.2) is 0 Å². The van der Waals surface area contributed by atoms with Crippen molar-refractivity contribution in [1.29, 1.82) is 0 Å². The Balaban J connectivity index is 2.10. The molecule has 0 saturated heterocycles. The predicted molar refractivity (Wildman–Crippen MR) is 76.3 cm³/mol. The summed E-state index contributed by atoms with van der Waals surface area (Å²) in [6.45, 7) is 9.68. The summed E-state index contributed by atoms with van der Waals surface area (Å²) in [6.07, 6.45) is -0.260. The van der Waals surface area contributed by atoms with Gasteiger partial charge < -0.3 is 9.30 Å². The van der Waals surface area contributed by atoms with Gasteiger partial charge in [-0.2, -0.15) is 0 Å². The zero-order valence-electron chi connectivity index (χ0n) is 11.2. The average Bonchev–Trinajstić information content (AvgIpc) is 2.52. The minimum Gasteiger partial charge on any atom is -0.444 e. The second kappa shape index (κ2) is 4.71. The second-order valence-electron chi connectivity index (χ2n) is 5.46. The Morgan fingerprint density at radius 2 is 2.06 bits per heavy atom. The maximum Gasteiger partial charge on any atom is 0.410 e. The van der Waals surface area contributed by atoms with Crippen LogP contribution in [0, 0.1) is 10.6 Å². The van der Waals surface area contributed by atoms with Crippen molar-refractivity contribution >= 4 is 28.7 Å². The van der Waals surface area contributed by atoms with Gasteiger partial charge >= 0.3 is 6.09 Å². The molecule has 0 unspecified atom stereocenters. The molecule has 6 heteroatoms. The van der Waals surface area contributed by atoms with Gasteiger partial charge in [-0.05, 0) is 50.3 Å². The molecule has 1 amide bonds. The minimum atomic E-state index is -0.450. The monoisotopic (exact) mass is 363 g/mol. The van der Waals surface area contributed by atoms with Crippen molar-refractivity contribution in [1.82, 2.24) is 14.5 Å². The topological polar surface area (TPSA) is 47.4 Å². The fraction of sp³-hybridized carbons (Fsp3) is 0.667. The number of nitrogens with zero attached hydrogens (tertiary/aromatic N) is 3. The number of rotatable bonds is 0. The molecule has 0 atom stereocenters. The van der Waals surface area contributed by atoms with E-state index in [1.165, 1.54) is 5.69 Å². The molecule has 2 rings (SSSR count). The molecule has 0 aromatic carbocycles. The van der Waals surface area contributed by atoms with Crippen molar-refractivity contribution in [2.45, 2.75) is 46.4 Å². The highest BCUT2D eigenvalue weighted by Crippen LogP contribution is 2.20. The number of aromatic nitrogens is 2.